The molecule has 2 aliphatic rings. The molecule has 0 aromatic heterocycles. The predicted octanol–water partition coefficient (Wildman–Crippen LogP) is -0.642. The van der Waals surface area contributed by atoms with Crippen molar-refractivity contribution in [3.63, 3.8) is 0 Å². The summed E-state index contributed by atoms with van der Waals surface area (Å²) in [5, 5.41) is 19.6. The molecule has 2 N–H and O–H groups in total. The third kappa shape index (κ3) is 2.40. The zero-order valence-corrected chi connectivity index (χ0v) is 11.0. The average molecular weight is 273 g/mol. The Morgan fingerprint density at radius 1 is 1.21 bits per heavy atom. The second kappa shape index (κ2) is 5.34. The normalized spacial score (nSPS) is 36.4. The van der Waals surface area contributed by atoms with Crippen molar-refractivity contribution in [3.05, 3.63) is 0 Å². The summed E-state index contributed by atoms with van der Waals surface area (Å²) in [5.74, 6) is -1.48. The number of β-amino-alcohol motifs (C(OH)–C–C–N with tert-alkyl or cyclic N) is 1. The van der Waals surface area contributed by atoms with Gasteiger partial charge in [-0.3, -0.25) is 4.79 Å². The lowest BCUT2D eigenvalue weighted by molar-refractivity contribution is -0.145. The Morgan fingerprint density at radius 2 is 1.84 bits per heavy atom. The van der Waals surface area contributed by atoms with E-state index in [1.807, 2.05) is 0 Å². The molecule has 0 radical (unpaired) electrons. The molecule has 1 saturated heterocycles. The van der Waals surface area contributed by atoms with Crippen LogP contribution in [0, 0.1) is 11.8 Å². The summed E-state index contributed by atoms with van der Waals surface area (Å²) < 4.78 is 9.81. The molecule has 1 saturated carbocycles. The molecular weight excluding hydrogens is 254 g/mol. The van der Waals surface area contributed by atoms with Crippen molar-refractivity contribution in [1.82, 2.24) is 4.90 Å². The van der Waals surface area contributed by atoms with Gasteiger partial charge in [0.15, 0.2) is 0 Å². The van der Waals surface area contributed by atoms with Crippen LogP contribution in [-0.4, -0.2) is 65.2 Å². The standard InChI is InChI=1S/C12H19NO6/c1-3-18-11(16)8-7-9(8)13(12(17)19-4-2)5-6(14)10(7)15/h6-10,14-15H,3-5H2,1-2H3/t6-,7-,8-,9-,10-/m1/s1. The fourth-order valence-corrected chi connectivity index (χ4v) is 2.76. The lowest BCUT2D eigenvalue weighted by Gasteiger charge is -2.31. The first kappa shape index (κ1) is 14.1. The van der Waals surface area contributed by atoms with Crippen LogP contribution in [0.5, 0.6) is 0 Å². The third-order valence-electron chi connectivity index (χ3n) is 3.63. The lowest BCUT2D eigenvalue weighted by atomic mass is 10.0. The molecule has 19 heavy (non-hydrogen) atoms. The molecule has 2 fully saturated rings. The number of fused-ring (bicyclic) bond motifs is 1. The fourth-order valence-electron chi connectivity index (χ4n) is 2.76. The maximum absolute atomic E-state index is 11.8. The number of carbonyl (C=O) groups excluding carboxylic acids is 2. The maximum atomic E-state index is 11.8. The molecule has 1 aliphatic carbocycles. The summed E-state index contributed by atoms with van der Waals surface area (Å²) in [6, 6.07) is -0.434. The van der Waals surface area contributed by atoms with Crippen LogP contribution in [0.4, 0.5) is 4.79 Å². The van der Waals surface area contributed by atoms with Gasteiger partial charge in [-0.2, -0.15) is 0 Å². The summed E-state index contributed by atoms with van der Waals surface area (Å²) in [4.78, 5) is 24.8. The number of hydrogen-bond donors (Lipinski definition) is 2. The molecule has 0 unspecified atom stereocenters. The van der Waals surface area contributed by atoms with Gasteiger partial charge in [-0.05, 0) is 13.8 Å². The van der Waals surface area contributed by atoms with Gasteiger partial charge >= 0.3 is 12.1 Å². The quantitative estimate of drug-likeness (QED) is 0.664. The van der Waals surface area contributed by atoms with Crippen molar-refractivity contribution in [2.24, 2.45) is 11.8 Å². The van der Waals surface area contributed by atoms with Crippen LogP contribution in [0.3, 0.4) is 0 Å². The molecule has 0 spiro atoms. The third-order valence-corrected chi connectivity index (χ3v) is 3.63. The van der Waals surface area contributed by atoms with E-state index in [-0.39, 0.29) is 19.8 Å². The second-order valence-electron chi connectivity index (χ2n) is 4.75. The average Bonchev–Trinajstić information content (AvgIpc) is 3.10. The molecule has 0 bridgehead atoms. The molecule has 0 aromatic rings. The van der Waals surface area contributed by atoms with Crippen molar-refractivity contribution >= 4 is 12.1 Å². The van der Waals surface area contributed by atoms with Crippen molar-refractivity contribution in [2.45, 2.75) is 32.1 Å². The first-order chi connectivity index (χ1) is 9.02. The van der Waals surface area contributed by atoms with E-state index in [1.165, 1.54) is 4.90 Å². The number of aliphatic hydroxyl groups excluding tert-OH is 2. The zero-order valence-electron chi connectivity index (χ0n) is 11.0. The van der Waals surface area contributed by atoms with Crippen LogP contribution in [0.25, 0.3) is 0 Å². The number of hydrogen-bond acceptors (Lipinski definition) is 6. The Labute approximate surface area is 111 Å². The molecule has 108 valence electrons. The first-order valence-electron chi connectivity index (χ1n) is 6.49. The SMILES string of the molecule is CCOC(=O)[C@@H]1[C@H]2[C@H](O)[C@H](O)CN(C(=O)OCC)[C@@H]12. The van der Waals surface area contributed by atoms with Gasteiger partial charge in [-0.15, -0.1) is 0 Å². The highest BCUT2D eigenvalue weighted by atomic mass is 16.6. The first-order valence-corrected chi connectivity index (χ1v) is 6.49. The molecule has 2 rings (SSSR count). The monoisotopic (exact) mass is 273 g/mol. The zero-order chi connectivity index (χ0) is 14.2. The second-order valence-corrected chi connectivity index (χ2v) is 4.75. The number of amides is 1. The summed E-state index contributed by atoms with van der Waals surface area (Å²) in [7, 11) is 0. The van der Waals surface area contributed by atoms with Gasteiger partial charge in [0.2, 0.25) is 0 Å². The predicted molar refractivity (Wildman–Crippen MR) is 63.1 cm³/mol. The van der Waals surface area contributed by atoms with Crippen molar-refractivity contribution in [3.8, 4) is 0 Å². The maximum Gasteiger partial charge on any atom is 0.410 e. The Balaban J connectivity index is 2.11. The summed E-state index contributed by atoms with van der Waals surface area (Å²) >= 11 is 0. The largest absolute Gasteiger partial charge is 0.466 e. The van der Waals surface area contributed by atoms with Crippen molar-refractivity contribution in [2.75, 3.05) is 19.8 Å². The number of rotatable bonds is 3. The highest BCUT2D eigenvalue weighted by Gasteiger charge is 2.67. The molecule has 1 amide bonds. The van der Waals surface area contributed by atoms with Gasteiger partial charge in [-0.1, -0.05) is 0 Å². The van der Waals surface area contributed by atoms with E-state index in [0.717, 1.165) is 0 Å². The van der Waals surface area contributed by atoms with E-state index in [2.05, 4.69) is 0 Å². The number of likely N-dealkylation sites (tertiary alicyclic amines) is 1. The van der Waals surface area contributed by atoms with Crippen LogP contribution in [0.2, 0.25) is 0 Å². The number of aliphatic hydroxyl groups is 2. The topological polar surface area (TPSA) is 96.3 Å². The Hall–Kier alpha value is -1.34. The van der Waals surface area contributed by atoms with Crippen LogP contribution >= 0.6 is 0 Å². The highest BCUT2D eigenvalue weighted by molar-refractivity contribution is 5.80. The van der Waals surface area contributed by atoms with Crippen LogP contribution in [-0.2, 0) is 14.3 Å². The van der Waals surface area contributed by atoms with E-state index in [4.69, 9.17) is 9.47 Å². The summed E-state index contributed by atoms with van der Waals surface area (Å²) in [6.07, 6.45) is -2.65. The molecule has 1 heterocycles. The highest BCUT2D eigenvalue weighted by Crippen LogP contribution is 2.50. The summed E-state index contributed by atoms with van der Waals surface area (Å²) in [6.45, 7) is 3.80. The smallest absolute Gasteiger partial charge is 0.410 e. The molecule has 5 atom stereocenters. The molecule has 7 nitrogen and oxygen atoms in total. The van der Waals surface area contributed by atoms with Crippen molar-refractivity contribution < 1.29 is 29.3 Å². The summed E-state index contributed by atoms with van der Waals surface area (Å²) in [5.41, 5.74) is 0. The van der Waals surface area contributed by atoms with E-state index >= 15 is 0 Å². The van der Waals surface area contributed by atoms with Crippen LogP contribution < -0.4 is 0 Å². The van der Waals surface area contributed by atoms with Gasteiger partial charge in [0.25, 0.3) is 0 Å². The van der Waals surface area contributed by atoms with Gasteiger partial charge in [-0.25, -0.2) is 4.79 Å². The number of piperidine rings is 1. The Kier molecular flexibility index (Phi) is 3.96. The molecule has 7 heteroatoms. The molecular formula is C12H19NO6. The minimum absolute atomic E-state index is 0.0307. The Morgan fingerprint density at radius 3 is 2.42 bits per heavy atom. The van der Waals surface area contributed by atoms with E-state index in [1.54, 1.807) is 13.8 Å². The van der Waals surface area contributed by atoms with E-state index in [0.29, 0.717) is 0 Å². The van der Waals surface area contributed by atoms with Crippen molar-refractivity contribution in [1.29, 1.82) is 0 Å². The van der Waals surface area contributed by atoms with Crippen LogP contribution in [0.15, 0.2) is 0 Å². The van der Waals surface area contributed by atoms with Gasteiger partial charge < -0.3 is 24.6 Å². The minimum atomic E-state index is -1.06. The minimum Gasteiger partial charge on any atom is -0.466 e. The Bertz CT molecular complexity index is 373. The number of carbonyl (C=O) groups is 2. The number of nitrogens with zero attached hydrogens (tertiary/aromatic N) is 1. The fraction of sp³-hybridized carbons (Fsp3) is 0.833. The lowest BCUT2D eigenvalue weighted by Crippen LogP contribution is -2.50. The number of esters is 1. The molecule has 1 aliphatic heterocycles. The van der Waals surface area contributed by atoms with Gasteiger partial charge in [0.1, 0.15) is 0 Å². The molecule has 0 aromatic carbocycles. The van der Waals surface area contributed by atoms with Gasteiger partial charge in [0.05, 0.1) is 43.9 Å². The van der Waals surface area contributed by atoms with E-state index in [9.17, 15) is 19.8 Å². The van der Waals surface area contributed by atoms with Crippen LogP contribution in [0.1, 0.15) is 13.8 Å². The van der Waals surface area contributed by atoms with Gasteiger partial charge in [0, 0.05) is 5.92 Å². The number of ether oxygens (including phenoxy) is 2. The van der Waals surface area contributed by atoms with E-state index < -0.39 is 42.1 Å².